The predicted octanol–water partition coefficient (Wildman–Crippen LogP) is 0.436. The van der Waals surface area contributed by atoms with Crippen molar-refractivity contribution < 1.29 is 33.5 Å². The second-order valence-corrected chi connectivity index (χ2v) is 7.95. The number of carbonyl (C=O) groups excluding carboxylic acids is 1. The number of unbranched alkanes of at least 4 members (excludes halogenated alkanes) is 3. The minimum Gasteiger partial charge on any atom is -0.480 e. The molecule has 0 radical (unpaired) electrons. The number of ketones is 1. The number of nitrogens with two attached hydrogens (primary N) is 1. The molecule has 6 N–H and O–H groups in total. The Morgan fingerprint density at radius 3 is 2.50 bits per heavy atom. The summed E-state index contributed by atoms with van der Waals surface area (Å²) in [4.78, 5) is 26.8. The molecule has 0 amide bonds. The third-order valence-electron chi connectivity index (χ3n) is 3.80. The molecule has 0 aromatic heterocycles. The Morgan fingerprint density at radius 1 is 1.27 bits per heavy atom. The molecule has 10 nitrogen and oxygen atoms in total. The van der Waals surface area contributed by atoms with Crippen LogP contribution in [0.5, 0.6) is 0 Å². The van der Waals surface area contributed by atoms with Crippen LogP contribution in [0.25, 0.3) is 0 Å². The molecule has 0 bridgehead atoms. The number of sulfone groups is 1. The highest BCUT2D eigenvalue weighted by molar-refractivity contribution is 7.92. The number of carboxylic acids is 1. The third-order valence-corrected chi connectivity index (χ3v) is 5.88. The number of carbonyl (C=O) groups is 2. The molecule has 150 valence electrons. The first-order chi connectivity index (χ1) is 12.4. The van der Waals surface area contributed by atoms with Crippen LogP contribution in [-0.4, -0.2) is 59.0 Å². The Morgan fingerprint density at radius 2 is 1.92 bits per heavy atom. The molecule has 1 rings (SSSR count). The highest BCUT2D eigenvalue weighted by Gasteiger charge is 2.32. The van der Waals surface area contributed by atoms with Gasteiger partial charge in [-0.15, -0.1) is 0 Å². The lowest BCUT2D eigenvalue weighted by Gasteiger charge is -2.14. The van der Waals surface area contributed by atoms with Crippen LogP contribution in [0.3, 0.4) is 0 Å². The molecule has 11 heteroatoms. The van der Waals surface area contributed by atoms with Gasteiger partial charge in [-0.1, -0.05) is 25.3 Å². The number of nitrogens with zero attached hydrogens (tertiary/aromatic N) is 1. The standard InChI is InChI=1S/C15H24N2O6S.H3NO/c18-13-6-5-9-16-12(13)8-11-24(22,23)14(15(19)20)7-3-1-2-4-10-17-21;1-2/h5,9,14,17,21H,1-4,6-8,10-11H2,(H,19,20);2H,1H2. The van der Waals surface area contributed by atoms with E-state index in [1.807, 2.05) is 5.48 Å². The van der Waals surface area contributed by atoms with Gasteiger partial charge in [0.05, 0.1) is 11.5 Å². The summed E-state index contributed by atoms with van der Waals surface area (Å²) in [6, 6.07) is 0. The Labute approximate surface area is 152 Å². The second kappa shape index (κ2) is 13.5. The molecule has 1 unspecified atom stereocenters. The molecule has 0 fully saturated rings. The van der Waals surface area contributed by atoms with Gasteiger partial charge in [0.2, 0.25) is 0 Å². The second-order valence-electron chi connectivity index (χ2n) is 5.64. The monoisotopic (exact) mass is 393 g/mol. The molecular formula is C15H27N3O7S. The Bertz CT molecular complexity index is 602. The van der Waals surface area contributed by atoms with Crippen molar-refractivity contribution in [3.8, 4) is 0 Å². The van der Waals surface area contributed by atoms with Gasteiger partial charge in [0.25, 0.3) is 0 Å². The molecule has 1 atom stereocenters. The fraction of sp³-hybridized carbons (Fsp3) is 0.667. The molecule has 0 spiro atoms. The average molecular weight is 393 g/mol. The van der Waals surface area contributed by atoms with Crippen LogP contribution in [-0.2, 0) is 19.4 Å². The Kier molecular flexibility index (Phi) is 12.7. The topological polar surface area (TPSA) is 179 Å². The fourth-order valence-electron chi connectivity index (χ4n) is 2.42. The maximum absolute atomic E-state index is 12.3. The molecule has 1 aliphatic rings. The SMILES string of the molecule is NO.O=C1CC=CN=C1CCS(=O)(=O)C(CCCCCCNO)C(=O)O. The summed E-state index contributed by atoms with van der Waals surface area (Å²) >= 11 is 0. The van der Waals surface area contributed by atoms with E-state index in [1.54, 1.807) is 6.08 Å². The van der Waals surface area contributed by atoms with Crippen LogP contribution in [0.2, 0.25) is 0 Å². The van der Waals surface area contributed by atoms with E-state index in [0.29, 0.717) is 19.4 Å². The number of hydrogen-bond acceptors (Lipinski definition) is 9. The molecule has 1 heterocycles. The minimum absolute atomic E-state index is 0.0462. The number of hydroxylamine groups is 1. The van der Waals surface area contributed by atoms with E-state index in [4.69, 9.17) is 10.4 Å². The van der Waals surface area contributed by atoms with Gasteiger partial charge in [0.15, 0.2) is 20.9 Å². The van der Waals surface area contributed by atoms with Gasteiger partial charge in [-0.3, -0.25) is 14.6 Å². The predicted molar refractivity (Wildman–Crippen MR) is 94.9 cm³/mol. The number of hydrogen-bond donors (Lipinski definition) is 5. The lowest BCUT2D eigenvalue weighted by Crippen LogP contribution is -2.33. The van der Waals surface area contributed by atoms with Gasteiger partial charge in [0.1, 0.15) is 0 Å². The lowest BCUT2D eigenvalue weighted by atomic mass is 10.1. The van der Waals surface area contributed by atoms with Crippen molar-refractivity contribution in [3.63, 3.8) is 0 Å². The van der Waals surface area contributed by atoms with Crippen LogP contribution in [0, 0.1) is 0 Å². The normalized spacial score (nSPS) is 15.0. The first-order valence-corrected chi connectivity index (χ1v) is 9.92. The third kappa shape index (κ3) is 9.15. The van der Waals surface area contributed by atoms with Gasteiger partial charge < -0.3 is 15.5 Å². The number of aliphatic imine (C=N–C) groups is 1. The Hall–Kier alpha value is -1.66. The van der Waals surface area contributed by atoms with E-state index in [9.17, 15) is 23.1 Å². The van der Waals surface area contributed by atoms with Gasteiger partial charge >= 0.3 is 5.97 Å². The van der Waals surface area contributed by atoms with Crippen LogP contribution < -0.4 is 11.4 Å². The average Bonchev–Trinajstić information content (AvgIpc) is 2.61. The number of nitrogens with one attached hydrogen (secondary N) is 1. The van der Waals surface area contributed by atoms with Crippen LogP contribution >= 0.6 is 0 Å². The van der Waals surface area contributed by atoms with Crippen molar-refractivity contribution >= 4 is 27.3 Å². The van der Waals surface area contributed by atoms with Crippen molar-refractivity contribution in [1.82, 2.24) is 5.48 Å². The number of rotatable bonds is 12. The van der Waals surface area contributed by atoms with E-state index in [1.165, 1.54) is 6.20 Å². The quantitative estimate of drug-likeness (QED) is 0.232. The summed E-state index contributed by atoms with van der Waals surface area (Å²) in [5.74, 6) is 1.53. The molecule has 1 aliphatic heterocycles. The van der Waals surface area contributed by atoms with Gasteiger partial charge in [-0.25, -0.2) is 19.8 Å². The van der Waals surface area contributed by atoms with Crippen LogP contribution in [0.4, 0.5) is 0 Å². The van der Waals surface area contributed by atoms with Crippen molar-refractivity contribution in [2.45, 2.75) is 50.2 Å². The van der Waals surface area contributed by atoms with E-state index < -0.39 is 26.8 Å². The fourth-order valence-corrected chi connectivity index (χ4v) is 4.02. The smallest absolute Gasteiger partial charge is 0.321 e. The summed E-state index contributed by atoms with van der Waals surface area (Å²) in [6.07, 6.45) is 5.91. The first-order valence-electron chi connectivity index (χ1n) is 8.20. The molecule has 0 saturated heterocycles. The van der Waals surface area contributed by atoms with Crippen molar-refractivity contribution in [3.05, 3.63) is 12.3 Å². The van der Waals surface area contributed by atoms with Crippen molar-refractivity contribution in [1.29, 1.82) is 0 Å². The molecule has 0 saturated carbocycles. The zero-order chi connectivity index (χ0) is 20.0. The van der Waals surface area contributed by atoms with Crippen molar-refractivity contribution in [2.24, 2.45) is 10.9 Å². The minimum atomic E-state index is -3.85. The van der Waals surface area contributed by atoms with Gasteiger partial charge in [-0.05, 0) is 12.8 Å². The largest absolute Gasteiger partial charge is 0.480 e. The van der Waals surface area contributed by atoms with E-state index in [0.717, 1.165) is 12.8 Å². The summed E-state index contributed by atoms with van der Waals surface area (Å²) < 4.78 is 24.6. The van der Waals surface area contributed by atoms with E-state index in [2.05, 4.69) is 10.9 Å². The highest BCUT2D eigenvalue weighted by atomic mass is 32.2. The number of aliphatic carboxylic acids is 1. The lowest BCUT2D eigenvalue weighted by molar-refractivity contribution is -0.136. The van der Waals surface area contributed by atoms with Crippen molar-refractivity contribution in [2.75, 3.05) is 12.3 Å². The van der Waals surface area contributed by atoms with E-state index >= 15 is 0 Å². The maximum atomic E-state index is 12.3. The summed E-state index contributed by atoms with van der Waals surface area (Å²) in [7, 11) is -3.85. The zero-order valence-corrected chi connectivity index (χ0v) is 15.3. The van der Waals surface area contributed by atoms with Crippen LogP contribution in [0.1, 0.15) is 44.9 Å². The van der Waals surface area contributed by atoms with E-state index in [-0.39, 0.29) is 30.8 Å². The van der Waals surface area contributed by atoms with Crippen LogP contribution in [0.15, 0.2) is 17.3 Å². The summed E-state index contributed by atoms with van der Waals surface area (Å²) in [5.41, 5.74) is 2.21. The first kappa shape index (κ1) is 24.3. The Balaban J connectivity index is 0.00000301. The molecule has 26 heavy (non-hydrogen) atoms. The number of allylic oxidation sites excluding steroid dienone is 1. The molecule has 0 aliphatic carbocycles. The molecular weight excluding hydrogens is 366 g/mol. The van der Waals surface area contributed by atoms with Gasteiger partial charge in [-0.2, -0.15) is 0 Å². The maximum Gasteiger partial charge on any atom is 0.321 e. The molecule has 0 aromatic rings. The number of carboxylic acid groups (broad SMARTS) is 1. The summed E-state index contributed by atoms with van der Waals surface area (Å²) in [6.45, 7) is 0.450. The number of Topliss-reactive ketones (excluding diaryl/α,β-unsaturated/α-hetero) is 1. The zero-order valence-electron chi connectivity index (χ0n) is 14.5. The summed E-state index contributed by atoms with van der Waals surface area (Å²) in [5, 5.41) is 22.7. The molecule has 0 aromatic carbocycles. The highest BCUT2D eigenvalue weighted by Crippen LogP contribution is 2.15. The van der Waals surface area contributed by atoms with Gasteiger partial charge in [0, 0.05) is 25.6 Å².